The number of anilines is 1. The first kappa shape index (κ1) is 10.6. The zero-order valence-corrected chi connectivity index (χ0v) is 8.50. The van der Waals surface area contributed by atoms with Gasteiger partial charge in [0, 0.05) is 23.9 Å². The standard InChI is InChI=1S/C13H10F2N/c14-11-7-6-10(13(15)8-11)9-16-12-4-2-1-3-5-12/h2-8,16H,9H2. The minimum Gasteiger partial charge on any atom is -0.381 e. The molecule has 0 unspecified atom stereocenters. The quantitative estimate of drug-likeness (QED) is 0.832. The first-order valence-corrected chi connectivity index (χ1v) is 4.89. The van der Waals surface area contributed by atoms with Crippen LogP contribution in [0.3, 0.4) is 0 Å². The van der Waals surface area contributed by atoms with Gasteiger partial charge in [-0.05, 0) is 24.3 Å². The van der Waals surface area contributed by atoms with Crippen LogP contribution in [0.5, 0.6) is 0 Å². The average Bonchev–Trinajstić information content (AvgIpc) is 2.29. The van der Waals surface area contributed by atoms with Gasteiger partial charge in [-0.1, -0.05) is 18.2 Å². The predicted molar refractivity (Wildman–Crippen MR) is 59.0 cm³/mol. The number of hydrogen-bond donors (Lipinski definition) is 1. The number of nitrogens with one attached hydrogen (secondary N) is 1. The highest BCUT2D eigenvalue weighted by Gasteiger charge is 2.02. The van der Waals surface area contributed by atoms with E-state index in [1.54, 1.807) is 12.1 Å². The Bertz CT molecular complexity index is 469. The summed E-state index contributed by atoms with van der Waals surface area (Å²) >= 11 is 0. The van der Waals surface area contributed by atoms with Gasteiger partial charge >= 0.3 is 0 Å². The molecule has 0 bridgehead atoms. The summed E-state index contributed by atoms with van der Waals surface area (Å²) in [6.45, 7) is 0.329. The van der Waals surface area contributed by atoms with Gasteiger partial charge in [0.15, 0.2) is 0 Å². The molecule has 16 heavy (non-hydrogen) atoms. The van der Waals surface area contributed by atoms with Crippen LogP contribution in [-0.4, -0.2) is 0 Å². The van der Waals surface area contributed by atoms with E-state index in [0.29, 0.717) is 12.1 Å². The predicted octanol–water partition coefficient (Wildman–Crippen LogP) is 3.38. The molecular formula is C13H10F2N. The van der Waals surface area contributed by atoms with Gasteiger partial charge in [0.25, 0.3) is 0 Å². The van der Waals surface area contributed by atoms with E-state index >= 15 is 0 Å². The molecule has 81 valence electrons. The molecule has 0 aromatic heterocycles. The van der Waals surface area contributed by atoms with Crippen LogP contribution in [0.25, 0.3) is 0 Å². The fraction of sp³-hybridized carbons (Fsp3) is 0.0769. The molecule has 0 aliphatic carbocycles. The highest BCUT2D eigenvalue weighted by Crippen LogP contribution is 2.12. The summed E-state index contributed by atoms with van der Waals surface area (Å²) in [7, 11) is 0. The third kappa shape index (κ3) is 2.57. The van der Waals surface area contributed by atoms with Crippen molar-refractivity contribution in [3.8, 4) is 0 Å². The molecule has 0 atom stereocenters. The number of halogens is 2. The van der Waals surface area contributed by atoms with Gasteiger partial charge in [-0.3, -0.25) is 0 Å². The van der Waals surface area contributed by atoms with Gasteiger partial charge < -0.3 is 5.32 Å². The first-order chi connectivity index (χ1) is 7.75. The summed E-state index contributed by atoms with van der Waals surface area (Å²) in [5.74, 6) is -1.09. The van der Waals surface area contributed by atoms with Crippen molar-refractivity contribution in [3.63, 3.8) is 0 Å². The van der Waals surface area contributed by atoms with E-state index in [1.807, 2.05) is 12.1 Å². The summed E-state index contributed by atoms with van der Waals surface area (Å²) in [5.41, 5.74) is 1.32. The van der Waals surface area contributed by atoms with Crippen molar-refractivity contribution in [3.05, 3.63) is 65.7 Å². The molecule has 2 rings (SSSR count). The van der Waals surface area contributed by atoms with Gasteiger partial charge in [-0.2, -0.15) is 0 Å². The van der Waals surface area contributed by atoms with Gasteiger partial charge in [0.2, 0.25) is 0 Å². The maximum absolute atomic E-state index is 13.3. The lowest BCUT2D eigenvalue weighted by Crippen LogP contribution is -2.01. The fourth-order valence-electron chi connectivity index (χ4n) is 1.37. The molecule has 1 N–H and O–H groups in total. The molecule has 0 saturated heterocycles. The topological polar surface area (TPSA) is 12.0 Å². The summed E-state index contributed by atoms with van der Waals surface area (Å²) in [4.78, 5) is 0. The van der Waals surface area contributed by atoms with Crippen molar-refractivity contribution in [1.82, 2.24) is 0 Å². The molecular weight excluding hydrogens is 208 g/mol. The first-order valence-electron chi connectivity index (χ1n) is 4.89. The zero-order chi connectivity index (χ0) is 11.4. The van der Waals surface area contributed by atoms with Crippen molar-refractivity contribution >= 4 is 5.69 Å². The second-order valence-electron chi connectivity index (χ2n) is 3.38. The molecule has 0 spiro atoms. The Morgan fingerprint density at radius 2 is 1.81 bits per heavy atom. The monoisotopic (exact) mass is 218 g/mol. The molecule has 0 aliphatic heterocycles. The van der Waals surface area contributed by atoms with Crippen LogP contribution in [0.4, 0.5) is 14.5 Å². The average molecular weight is 218 g/mol. The van der Waals surface area contributed by atoms with Crippen molar-refractivity contribution in [1.29, 1.82) is 0 Å². The molecule has 3 heteroatoms. The molecule has 1 radical (unpaired) electrons. The maximum atomic E-state index is 13.3. The lowest BCUT2D eigenvalue weighted by Gasteiger charge is -2.06. The van der Waals surface area contributed by atoms with Crippen LogP contribution in [-0.2, 0) is 6.54 Å². The normalized spacial score (nSPS) is 10.1. The molecule has 2 aromatic rings. The number of hydrogen-bond acceptors (Lipinski definition) is 1. The van der Waals surface area contributed by atoms with Crippen LogP contribution in [0.1, 0.15) is 5.56 Å². The lowest BCUT2D eigenvalue weighted by molar-refractivity contribution is 0.574. The highest BCUT2D eigenvalue weighted by molar-refractivity contribution is 5.42. The molecule has 0 saturated carbocycles. The van der Waals surface area contributed by atoms with Crippen LogP contribution < -0.4 is 5.32 Å². The number of rotatable bonds is 3. The minimum atomic E-state index is -0.560. The molecule has 2 aromatic carbocycles. The molecule has 0 fully saturated rings. The second-order valence-corrected chi connectivity index (χ2v) is 3.38. The van der Waals surface area contributed by atoms with Crippen LogP contribution in [0.15, 0.2) is 42.5 Å². The zero-order valence-electron chi connectivity index (χ0n) is 8.50. The lowest BCUT2D eigenvalue weighted by atomic mass is 10.2. The Hall–Kier alpha value is -1.90. The molecule has 1 nitrogen and oxygen atoms in total. The van der Waals surface area contributed by atoms with E-state index in [9.17, 15) is 8.78 Å². The van der Waals surface area contributed by atoms with E-state index in [-0.39, 0.29) is 0 Å². The second kappa shape index (κ2) is 4.75. The van der Waals surface area contributed by atoms with E-state index in [4.69, 9.17) is 0 Å². The van der Waals surface area contributed by atoms with Crippen LogP contribution in [0.2, 0.25) is 0 Å². The number of benzene rings is 2. The summed E-state index contributed by atoms with van der Waals surface area (Å²) in [6, 6.07) is 13.7. The molecule has 0 aliphatic rings. The fourth-order valence-corrected chi connectivity index (χ4v) is 1.37. The Labute approximate surface area is 92.7 Å². The molecule has 0 amide bonds. The van der Waals surface area contributed by atoms with Crippen LogP contribution >= 0.6 is 0 Å². The third-order valence-corrected chi connectivity index (χ3v) is 2.22. The van der Waals surface area contributed by atoms with Crippen molar-refractivity contribution < 1.29 is 8.78 Å². The van der Waals surface area contributed by atoms with E-state index < -0.39 is 11.6 Å². The SMILES string of the molecule is Fc1ccc(CNc2cc[c]cc2)c(F)c1. The van der Waals surface area contributed by atoms with Gasteiger partial charge in [0.05, 0.1) is 0 Å². The van der Waals surface area contributed by atoms with Gasteiger partial charge in [-0.25, -0.2) is 8.78 Å². The smallest absolute Gasteiger partial charge is 0.131 e. The van der Waals surface area contributed by atoms with Gasteiger partial charge in [-0.15, -0.1) is 0 Å². The van der Waals surface area contributed by atoms with Crippen molar-refractivity contribution in [2.24, 2.45) is 0 Å². The Kier molecular flexibility index (Phi) is 3.15. The van der Waals surface area contributed by atoms with Gasteiger partial charge in [0.1, 0.15) is 11.6 Å². The Morgan fingerprint density at radius 3 is 2.50 bits per heavy atom. The molecule has 0 heterocycles. The summed E-state index contributed by atoms with van der Waals surface area (Å²) in [6.07, 6.45) is 0. The van der Waals surface area contributed by atoms with Crippen molar-refractivity contribution in [2.45, 2.75) is 6.54 Å². The maximum Gasteiger partial charge on any atom is 0.131 e. The van der Waals surface area contributed by atoms with E-state index in [1.165, 1.54) is 12.1 Å². The largest absolute Gasteiger partial charge is 0.381 e. The third-order valence-electron chi connectivity index (χ3n) is 2.22. The Morgan fingerprint density at radius 1 is 1.06 bits per heavy atom. The van der Waals surface area contributed by atoms with E-state index in [0.717, 1.165) is 11.8 Å². The van der Waals surface area contributed by atoms with E-state index in [2.05, 4.69) is 11.4 Å². The Balaban J connectivity index is 2.05. The van der Waals surface area contributed by atoms with Crippen LogP contribution in [0, 0.1) is 17.7 Å². The highest BCUT2D eigenvalue weighted by atomic mass is 19.1. The van der Waals surface area contributed by atoms with Crippen molar-refractivity contribution in [2.75, 3.05) is 5.32 Å². The minimum absolute atomic E-state index is 0.329. The summed E-state index contributed by atoms with van der Waals surface area (Å²) < 4.78 is 25.9. The summed E-state index contributed by atoms with van der Waals surface area (Å²) in [5, 5.41) is 3.04.